The van der Waals surface area contributed by atoms with E-state index in [-0.39, 0.29) is 36.6 Å². The smallest absolute Gasteiger partial charge is 0.410 e. The molecule has 2 heterocycles. The van der Waals surface area contributed by atoms with Gasteiger partial charge in [-0.1, -0.05) is 0 Å². The number of guanidine groups is 1. The Hall–Kier alpha value is -1.11. The predicted octanol–water partition coefficient (Wildman–Crippen LogP) is 2.68. The van der Waals surface area contributed by atoms with Crippen LogP contribution in [-0.4, -0.2) is 84.9 Å². The molecule has 0 bridgehead atoms. The number of nitrogens with zero attached hydrogens (tertiary/aromatic N) is 3. The van der Waals surface area contributed by atoms with Crippen molar-refractivity contribution in [1.82, 2.24) is 20.4 Å². The largest absolute Gasteiger partial charge is 0.444 e. The second-order valence-corrected chi connectivity index (χ2v) is 9.50. The fraction of sp³-hybridized carbons (Fsp3) is 0.714. The third-order valence-electron chi connectivity index (χ3n) is 4.78. The van der Waals surface area contributed by atoms with Crippen molar-refractivity contribution in [1.29, 1.82) is 0 Å². The van der Waals surface area contributed by atoms with E-state index in [0.717, 1.165) is 38.3 Å². The van der Waals surface area contributed by atoms with Gasteiger partial charge in [-0.3, -0.25) is 4.90 Å². The quantitative estimate of drug-likeness (QED) is 0.267. The summed E-state index contributed by atoms with van der Waals surface area (Å²) in [5, 5.41) is 21.1. The van der Waals surface area contributed by atoms with Gasteiger partial charge in [-0.25, -0.2) is 9.79 Å². The maximum atomic E-state index is 12.2. The fourth-order valence-electron chi connectivity index (χ4n) is 3.05. The van der Waals surface area contributed by atoms with Gasteiger partial charge in [0, 0.05) is 45.8 Å². The van der Waals surface area contributed by atoms with E-state index in [1.807, 2.05) is 44.5 Å². The third kappa shape index (κ3) is 9.92. The summed E-state index contributed by atoms with van der Waals surface area (Å²) in [4.78, 5) is 20.8. The molecular weight excluding hydrogens is 529 g/mol. The summed E-state index contributed by atoms with van der Waals surface area (Å²) < 4.78 is 5.45. The number of nitrogens with one attached hydrogen (secondary N) is 2. The number of carbonyl (C=O) groups is 1. The number of aliphatic imine (C=N–C) groups is 1. The Balaban J connectivity index is 0.00000480. The molecule has 8 nitrogen and oxygen atoms in total. The first-order valence-corrected chi connectivity index (χ1v) is 11.5. The highest BCUT2D eigenvalue weighted by Crippen LogP contribution is 2.23. The summed E-state index contributed by atoms with van der Waals surface area (Å²) in [7, 11) is 0. The SMILES string of the molecule is CCNC(=NCC(C)(O)c1ccsc1)NCCN1CCN(C(=O)OC(C)(C)C)CC1.I. The van der Waals surface area contributed by atoms with E-state index in [9.17, 15) is 9.90 Å². The van der Waals surface area contributed by atoms with Crippen LogP contribution >= 0.6 is 35.3 Å². The summed E-state index contributed by atoms with van der Waals surface area (Å²) in [6.45, 7) is 15.1. The number of hydrogen-bond donors (Lipinski definition) is 3. The topological polar surface area (TPSA) is 89.4 Å². The van der Waals surface area contributed by atoms with E-state index >= 15 is 0 Å². The van der Waals surface area contributed by atoms with E-state index in [2.05, 4.69) is 20.5 Å². The van der Waals surface area contributed by atoms with Crippen molar-refractivity contribution in [3.8, 4) is 0 Å². The first-order chi connectivity index (χ1) is 14.1. The van der Waals surface area contributed by atoms with Gasteiger partial charge >= 0.3 is 6.09 Å². The Labute approximate surface area is 207 Å². The molecule has 0 saturated carbocycles. The minimum absolute atomic E-state index is 0. The molecule has 1 aromatic rings. The summed E-state index contributed by atoms with van der Waals surface area (Å²) in [6.07, 6.45) is -0.237. The summed E-state index contributed by atoms with van der Waals surface area (Å²) in [6, 6.07) is 1.93. The highest BCUT2D eigenvalue weighted by atomic mass is 127. The second-order valence-electron chi connectivity index (χ2n) is 8.72. The zero-order valence-electron chi connectivity index (χ0n) is 19.3. The number of hydrogen-bond acceptors (Lipinski definition) is 6. The summed E-state index contributed by atoms with van der Waals surface area (Å²) in [5.74, 6) is 0.695. The molecule has 1 amide bonds. The van der Waals surface area contributed by atoms with E-state index in [4.69, 9.17) is 4.74 Å². The predicted molar refractivity (Wildman–Crippen MR) is 138 cm³/mol. The standard InChI is InChI=1S/C21H37N5O3S.HI/c1-6-22-18(24-16-21(5,28)17-7-14-30-15-17)23-8-9-25-10-12-26(13-11-25)19(27)29-20(2,3)4;/h7,14-15,28H,6,8-13,16H2,1-5H3,(H2,22,23,24);1H. The average molecular weight is 568 g/mol. The number of aliphatic hydroxyl groups is 1. The molecule has 0 spiro atoms. The minimum atomic E-state index is -0.986. The number of halogens is 1. The van der Waals surface area contributed by atoms with Crippen LogP contribution in [0.15, 0.2) is 21.8 Å². The molecule has 0 aromatic carbocycles. The van der Waals surface area contributed by atoms with Crippen molar-refractivity contribution in [2.45, 2.75) is 45.8 Å². The third-order valence-corrected chi connectivity index (χ3v) is 5.46. The van der Waals surface area contributed by atoms with Crippen LogP contribution in [0.3, 0.4) is 0 Å². The van der Waals surface area contributed by atoms with Crippen molar-refractivity contribution >= 4 is 47.4 Å². The number of amides is 1. The molecule has 2 rings (SSSR count). The Morgan fingerprint density at radius 2 is 1.90 bits per heavy atom. The second kappa shape index (κ2) is 12.8. The molecule has 0 radical (unpaired) electrons. The van der Waals surface area contributed by atoms with Gasteiger partial charge in [0.2, 0.25) is 0 Å². The van der Waals surface area contributed by atoms with E-state index in [1.165, 1.54) is 0 Å². The zero-order chi connectivity index (χ0) is 22.2. The highest BCUT2D eigenvalue weighted by molar-refractivity contribution is 14.0. The number of thiophene rings is 1. The number of carbonyl (C=O) groups excluding carboxylic acids is 1. The molecule has 1 atom stereocenters. The summed E-state index contributed by atoms with van der Waals surface area (Å²) >= 11 is 1.57. The van der Waals surface area contributed by atoms with Crippen LogP contribution in [0, 0.1) is 0 Å². The van der Waals surface area contributed by atoms with Gasteiger partial charge in [0.1, 0.15) is 11.2 Å². The van der Waals surface area contributed by atoms with Crippen LogP contribution in [0.2, 0.25) is 0 Å². The average Bonchev–Trinajstić information content (AvgIpc) is 3.21. The van der Waals surface area contributed by atoms with Gasteiger partial charge in [0.25, 0.3) is 0 Å². The Kier molecular flexibility index (Phi) is 11.5. The van der Waals surface area contributed by atoms with Crippen LogP contribution in [0.1, 0.15) is 40.2 Å². The molecule has 1 aromatic heterocycles. The van der Waals surface area contributed by atoms with Gasteiger partial charge in [-0.05, 0) is 57.0 Å². The van der Waals surface area contributed by atoms with Crippen molar-refractivity contribution in [2.75, 3.05) is 52.4 Å². The first kappa shape index (κ1) is 27.9. The lowest BCUT2D eigenvalue weighted by molar-refractivity contribution is 0.0147. The number of rotatable bonds is 7. The molecule has 10 heteroatoms. The van der Waals surface area contributed by atoms with Crippen molar-refractivity contribution in [2.24, 2.45) is 4.99 Å². The van der Waals surface area contributed by atoms with Crippen LogP contribution in [0.4, 0.5) is 4.79 Å². The Morgan fingerprint density at radius 3 is 2.45 bits per heavy atom. The lowest BCUT2D eigenvalue weighted by Gasteiger charge is -2.35. The van der Waals surface area contributed by atoms with Crippen LogP contribution in [0.5, 0.6) is 0 Å². The normalized spacial score (nSPS) is 17.5. The molecule has 178 valence electrons. The Morgan fingerprint density at radius 1 is 1.23 bits per heavy atom. The van der Waals surface area contributed by atoms with Gasteiger partial charge in [0.15, 0.2) is 5.96 Å². The molecule has 1 aliphatic heterocycles. The fourth-order valence-corrected chi connectivity index (χ4v) is 3.83. The zero-order valence-corrected chi connectivity index (χ0v) is 22.5. The summed E-state index contributed by atoms with van der Waals surface area (Å²) in [5.41, 5.74) is -0.566. The molecule has 1 aliphatic rings. The maximum Gasteiger partial charge on any atom is 0.410 e. The molecule has 1 saturated heterocycles. The van der Waals surface area contributed by atoms with Gasteiger partial charge in [0.05, 0.1) is 6.54 Å². The first-order valence-electron chi connectivity index (χ1n) is 10.6. The van der Waals surface area contributed by atoms with E-state index in [1.54, 1.807) is 23.2 Å². The Bertz CT molecular complexity index is 684. The molecule has 1 unspecified atom stereocenters. The molecule has 1 fully saturated rings. The van der Waals surface area contributed by atoms with Crippen LogP contribution in [0.25, 0.3) is 0 Å². The van der Waals surface area contributed by atoms with Crippen molar-refractivity contribution < 1.29 is 14.6 Å². The minimum Gasteiger partial charge on any atom is -0.444 e. The monoisotopic (exact) mass is 567 g/mol. The lowest BCUT2D eigenvalue weighted by Crippen LogP contribution is -2.51. The van der Waals surface area contributed by atoms with Gasteiger partial charge in [-0.2, -0.15) is 11.3 Å². The van der Waals surface area contributed by atoms with Crippen LogP contribution in [-0.2, 0) is 10.3 Å². The number of ether oxygens (including phenoxy) is 1. The molecule has 0 aliphatic carbocycles. The number of piperazine rings is 1. The molecular formula is C21H38IN5O3S. The molecule has 31 heavy (non-hydrogen) atoms. The van der Waals surface area contributed by atoms with E-state index in [0.29, 0.717) is 19.0 Å². The molecule has 3 N–H and O–H groups in total. The van der Waals surface area contributed by atoms with Crippen LogP contribution < -0.4 is 10.6 Å². The van der Waals surface area contributed by atoms with Gasteiger partial charge < -0.3 is 25.4 Å². The lowest BCUT2D eigenvalue weighted by atomic mass is 10.00. The van der Waals surface area contributed by atoms with Crippen molar-refractivity contribution in [3.63, 3.8) is 0 Å². The van der Waals surface area contributed by atoms with Gasteiger partial charge in [-0.15, -0.1) is 24.0 Å². The maximum absolute atomic E-state index is 12.2. The van der Waals surface area contributed by atoms with Crippen molar-refractivity contribution in [3.05, 3.63) is 22.4 Å². The van der Waals surface area contributed by atoms with E-state index < -0.39 is 11.2 Å². The highest BCUT2D eigenvalue weighted by Gasteiger charge is 2.26.